The Labute approximate surface area is 169 Å². The highest BCUT2D eigenvalue weighted by Crippen LogP contribution is 2.29. The van der Waals surface area contributed by atoms with E-state index in [0.29, 0.717) is 4.88 Å². The minimum Gasteiger partial charge on any atom is -0.332 e. The van der Waals surface area contributed by atoms with Gasteiger partial charge in [-0.2, -0.15) is 0 Å². The number of nitrogens with zero attached hydrogens (tertiary/aromatic N) is 1. The van der Waals surface area contributed by atoms with E-state index in [4.69, 9.17) is 0 Å². The summed E-state index contributed by atoms with van der Waals surface area (Å²) >= 11 is 1.40. The second-order valence-corrected chi connectivity index (χ2v) is 7.90. The summed E-state index contributed by atoms with van der Waals surface area (Å²) in [6.45, 7) is 6.01. The predicted octanol–water partition coefficient (Wildman–Crippen LogP) is 5.05. The molecule has 2 amide bonds. The van der Waals surface area contributed by atoms with Crippen LogP contribution in [0.2, 0.25) is 0 Å². The van der Waals surface area contributed by atoms with Crippen molar-refractivity contribution in [2.24, 2.45) is 0 Å². The predicted molar refractivity (Wildman–Crippen MR) is 116 cm³/mol. The highest BCUT2D eigenvalue weighted by Gasteiger charge is 2.20. The molecular weight excluding hydrogens is 368 g/mol. The number of rotatable bonds is 5. The maximum Gasteiger partial charge on any atom is 0.264 e. The zero-order chi connectivity index (χ0) is 20.3. The highest BCUT2D eigenvalue weighted by atomic mass is 32.1. The van der Waals surface area contributed by atoms with Gasteiger partial charge in [-0.1, -0.05) is 42.0 Å². The topological polar surface area (TPSA) is 49.4 Å². The molecule has 3 rings (SSSR count). The molecule has 0 atom stereocenters. The van der Waals surface area contributed by atoms with E-state index >= 15 is 0 Å². The fourth-order valence-corrected chi connectivity index (χ4v) is 3.88. The quantitative estimate of drug-likeness (QED) is 0.660. The van der Waals surface area contributed by atoms with Gasteiger partial charge in [-0.3, -0.25) is 9.59 Å². The largest absolute Gasteiger partial charge is 0.332 e. The fraction of sp³-hybridized carbons (Fsp3) is 0.217. The van der Waals surface area contributed by atoms with Crippen LogP contribution in [0.25, 0.3) is 11.1 Å². The molecular formula is C23H24N2O2S. The Bertz CT molecular complexity index is 1010. The molecule has 0 unspecified atom stereocenters. The normalized spacial score (nSPS) is 10.6. The minimum atomic E-state index is -0.210. The first-order chi connectivity index (χ1) is 13.4. The van der Waals surface area contributed by atoms with Gasteiger partial charge in [0, 0.05) is 18.3 Å². The summed E-state index contributed by atoms with van der Waals surface area (Å²) in [6, 6.07) is 15.8. The average molecular weight is 393 g/mol. The summed E-state index contributed by atoms with van der Waals surface area (Å²) in [5, 5.41) is 4.81. The number of thiophene rings is 1. The molecule has 28 heavy (non-hydrogen) atoms. The van der Waals surface area contributed by atoms with Crippen LogP contribution in [-0.4, -0.2) is 30.3 Å². The van der Waals surface area contributed by atoms with E-state index in [2.05, 4.69) is 5.32 Å². The van der Waals surface area contributed by atoms with Gasteiger partial charge in [0.15, 0.2) is 0 Å². The van der Waals surface area contributed by atoms with Gasteiger partial charge < -0.3 is 10.2 Å². The van der Waals surface area contributed by atoms with Crippen LogP contribution in [0.5, 0.6) is 0 Å². The van der Waals surface area contributed by atoms with Crippen LogP contribution >= 0.6 is 11.3 Å². The zero-order valence-corrected chi connectivity index (χ0v) is 17.4. The van der Waals surface area contributed by atoms with Gasteiger partial charge in [-0.15, -0.1) is 11.3 Å². The van der Waals surface area contributed by atoms with Crippen LogP contribution in [0.3, 0.4) is 0 Å². The number of nitrogens with one attached hydrogen (secondary N) is 1. The number of hydrogen-bond acceptors (Lipinski definition) is 3. The Morgan fingerprint density at radius 3 is 2.43 bits per heavy atom. The SMILES string of the molecule is Cc1ccc(-c2ccsc2C(=O)N(C)CC(=O)Nc2cccc(C)c2C)cc1. The number of amides is 2. The third-order valence-electron chi connectivity index (χ3n) is 4.83. The highest BCUT2D eigenvalue weighted by molar-refractivity contribution is 7.12. The number of carbonyl (C=O) groups is 2. The van der Waals surface area contributed by atoms with Crippen LogP contribution in [0.1, 0.15) is 26.4 Å². The maximum atomic E-state index is 12.9. The average Bonchev–Trinajstić information content (AvgIpc) is 3.15. The van der Waals surface area contributed by atoms with Crippen molar-refractivity contribution in [3.8, 4) is 11.1 Å². The summed E-state index contributed by atoms with van der Waals surface area (Å²) in [5.74, 6) is -0.361. The zero-order valence-electron chi connectivity index (χ0n) is 16.6. The molecule has 144 valence electrons. The van der Waals surface area contributed by atoms with Crippen molar-refractivity contribution >= 4 is 28.8 Å². The van der Waals surface area contributed by atoms with Crippen molar-refractivity contribution in [2.75, 3.05) is 18.9 Å². The molecule has 1 N–H and O–H groups in total. The van der Waals surface area contributed by atoms with Gasteiger partial charge in [-0.25, -0.2) is 0 Å². The van der Waals surface area contributed by atoms with Gasteiger partial charge in [0.1, 0.15) is 0 Å². The van der Waals surface area contributed by atoms with E-state index in [1.807, 2.05) is 74.7 Å². The van der Waals surface area contributed by atoms with Crippen LogP contribution in [0.4, 0.5) is 5.69 Å². The Morgan fingerprint density at radius 1 is 1.00 bits per heavy atom. The second kappa shape index (κ2) is 8.40. The number of likely N-dealkylation sites (N-methyl/N-ethyl adjacent to an activating group) is 1. The Morgan fingerprint density at radius 2 is 1.71 bits per heavy atom. The van der Waals surface area contributed by atoms with E-state index in [9.17, 15) is 9.59 Å². The Balaban J connectivity index is 1.71. The minimum absolute atomic E-state index is 0.00253. The number of benzene rings is 2. The van der Waals surface area contributed by atoms with Gasteiger partial charge in [0.25, 0.3) is 5.91 Å². The van der Waals surface area contributed by atoms with Crippen molar-refractivity contribution in [1.82, 2.24) is 4.90 Å². The molecule has 0 fully saturated rings. The van der Waals surface area contributed by atoms with Crippen LogP contribution in [0, 0.1) is 20.8 Å². The lowest BCUT2D eigenvalue weighted by Gasteiger charge is -2.18. The maximum absolute atomic E-state index is 12.9. The molecule has 1 aromatic heterocycles. The third kappa shape index (κ3) is 4.31. The number of aryl methyl sites for hydroxylation is 2. The first kappa shape index (κ1) is 19.8. The Kier molecular flexibility index (Phi) is 5.95. The number of hydrogen-bond donors (Lipinski definition) is 1. The summed E-state index contributed by atoms with van der Waals surface area (Å²) in [4.78, 5) is 27.5. The smallest absolute Gasteiger partial charge is 0.264 e. The first-order valence-corrected chi connectivity index (χ1v) is 10.0. The molecule has 0 saturated heterocycles. The van der Waals surface area contributed by atoms with Crippen molar-refractivity contribution < 1.29 is 9.59 Å². The van der Waals surface area contributed by atoms with Crippen LogP contribution < -0.4 is 5.32 Å². The number of carbonyl (C=O) groups excluding carboxylic acids is 2. The van der Waals surface area contributed by atoms with Gasteiger partial charge >= 0.3 is 0 Å². The standard InChI is InChI=1S/C23H24N2O2S/c1-15-8-10-18(11-9-15)19-12-13-28-22(19)23(27)25(4)14-21(26)24-20-7-5-6-16(2)17(20)3/h5-13H,14H2,1-4H3,(H,24,26). The van der Waals surface area contributed by atoms with Crippen molar-refractivity contribution in [1.29, 1.82) is 0 Å². The van der Waals surface area contributed by atoms with E-state index in [-0.39, 0.29) is 18.4 Å². The molecule has 0 aliphatic rings. The van der Waals surface area contributed by atoms with E-state index in [0.717, 1.165) is 27.9 Å². The lowest BCUT2D eigenvalue weighted by molar-refractivity contribution is -0.116. The first-order valence-electron chi connectivity index (χ1n) is 9.13. The molecule has 0 aliphatic carbocycles. The third-order valence-corrected chi connectivity index (χ3v) is 5.73. The molecule has 5 heteroatoms. The second-order valence-electron chi connectivity index (χ2n) is 6.99. The fourth-order valence-electron chi connectivity index (χ4n) is 2.97. The lowest BCUT2D eigenvalue weighted by Crippen LogP contribution is -2.34. The van der Waals surface area contributed by atoms with E-state index < -0.39 is 0 Å². The van der Waals surface area contributed by atoms with Crippen LogP contribution in [-0.2, 0) is 4.79 Å². The summed E-state index contributed by atoms with van der Waals surface area (Å²) < 4.78 is 0. The molecule has 3 aromatic rings. The molecule has 0 spiro atoms. The van der Waals surface area contributed by atoms with Crippen molar-refractivity contribution in [3.05, 3.63) is 75.5 Å². The van der Waals surface area contributed by atoms with Crippen molar-refractivity contribution in [2.45, 2.75) is 20.8 Å². The summed E-state index contributed by atoms with van der Waals surface area (Å²) in [7, 11) is 1.66. The monoisotopic (exact) mass is 392 g/mol. The molecule has 0 bridgehead atoms. The van der Waals surface area contributed by atoms with Gasteiger partial charge in [0.2, 0.25) is 5.91 Å². The summed E-state index contributed by atoms with van der Waals surface area (Å²) in [6.07, 6.45) is 0. The van der Waals surface area contributed by atoms with Gasteiger partial charge in [-0.05, 0) is 55.0 Å². The summed E-state index contributed by atoms with van der Waals surface area (Å²) in [5.41, 5.74) is 6.00. The molecule has 4 nitrogen and oxygen atoms in total. The van der Waals surface area contributed by atoms with Gasteiger partial charge in [0.05, 0.1) is 11.4 Å². The van der Waals surface area contributed by atoms with E-state index in [1.54, 1.807) is 7.05 Å². The molecule has 0 saturated carbocycles. The molecule has 2 aromatic carbocycles. The van der Waals surface area contributed by atoms with E-state index in [1.165, 1.54) is 21.8 Å². The van der Waals surface area contributed by atoms with Crippen LogP contribution in [0.15, 0.2) is 53.9 Å². The molecule has 0 radical (unpaired) electrons. The lowest BCUT2D eigenvalue weighted by atomic mass is 10.0. The van der Waals surface area contributed by atoms with Crippen molar-refractivity contribution in [3.63, 3.8) is 0 Å². The Hall–Kier alpha value is -2.92. The number of anilines is 1. The molecule has 0 aliphatic heterocycles. The molecule has 1 heterocycles.